The number of benzene rings is 1. The average molecular weight is 450 g/mol. The van der Waals surface area contributed by atoms with Crippen molar-refractivity contribution >= 4 is 17.1 Å². The molecular weight excluding hydrogens is 426 g/mol. The average Bonchev–Trinajstić information content (AvgIpc) is 3.42. The molecule has 1 aromatic carbocycles. The normalized spacial score (nSPS) is 15.7. The van der Waals surface area contributed by atoms with Crippen molar-refractivity contribution in [3.63, 3.8) is 0 Å². The zero-order valence-corrected chi connectivity index (χ0v) is 18.6. The number of nitrogens with one attached hydrogen (secondary N) is 1. The van der Waals surface area contributed by atoms with Crippen molar-refractivity contribution in [2.24, 2.45) is 0 Å². The van der Waals surface area contributed by atoms with Crippen LogP contribution in [0.15, 0.2) is 67.8 Å². The molecule has 1 N–H and O–H groups in total. The van der Waals surface area contributed by atoms with Gasteiger partial charge in [-0.3, -0.25) is 9.48 Å². The maximum Gasteiger partial charge on any atom is 0.243 e. The monoisotopic (exact) mass is 449 g/mol. The van der Waals surface area contributed by atoms with Crippen molar-refractivity contribution in [1.82, 2.24) is 24.7 Å². The Morgan fingerprint density at radius 3 is 2.59 bits per heavy atom. The largest absolute Gasteiger partial charge is 0.367 e. The van der Waals surface area contributed by atoms with Gasteiger partial charge >= 0.3 is 0 Å². The first-order valence-corrected chi connectivity index (χ1v) is 11.4. The van der Waals surface area contributed by atoms with Crippen LogP contribution in [-0.2, 0) is 4.79 Å². The second-order valence-corrected chi connectivity index (χ2v) is 8.91. The van der Waals surface area contributed by atoms with Gasteiger partial charge in [-0.25, -0.2) is 4.52 Å². The molecule has 2 fully saturated rings. The molecule has 34 heavy (non-hydrogen) atoms. The lowest BCUT2D eigenvalue weighted by Gasteiger charge is -2.41. The number of rotatable bonds is 6. The molecule has 4 aromatic rings. The third-order valence-corrected chi connectivity index (χ3v) is 6.54. The highest BCUT2D eigenvalue weighted by Crippen LogP contribution is 2.37. The van der Waals surface area contributed by atoms with Gasteiger partial charge in [-0.1, -0.05) is 18.7 Å². The second-order valence-electron chi connectivity index (χ2n) is 8.91. The van der Waals surface area contributed by atoms with Crippen LogP contribution in [0.2, 0.25) is 0 Å². The Kier molecular flexibility index (Phi) is 4.69. The molecular formula is C26H23N7O. The van der Waals surface area contributed by atoms with E-state index in [1.807, 2.05) is 17.1 Å². The SMILES string of the molecule is C=CC(=O)NC1CN(c2ccc(-c3cc(-c4cnn(C5CC5)c4)cn4ncc(C#N)c34)cc2)C1. The van der Waals surface area contributed by atoms with E-state index >= 15 is 0 Å². The predicted octanol–water partition coefficient (Wildman–Crippen LogP) is 3.56. The number of fused-ring (bicyclic) bond motifs is 1. The topological polar surface area (TPSA) is 91.2 Å². The summed E-state index contributed by atoms with van der Waals surface area (Å²) in [6.07, 6.45) is 11.2. The number of hydrogen-bond acceptors (Lipinski definition) is 5. The van der Waals surface area contributed by atoms with Gasteiger partial charge < -0.3 is 10.2 Å². The lowest BCUT2D eigenvalue weighted by atomic mass is 9.99. The molecule has 1 saturated heterocycles. The highest BCUT2D eigenvalue weighted by molar-refractivity contribution is 5.88. The van der Waals surface area contributed by atoms with Crippen LogP contribution in [0.25, 0.3) is 27.8 Å². The first kappa shape index (κ1) is 20.2. The van der Waals surface area contributed by atoms with Gasteiger partial charge in [0.25, 0.3) is 0 Å². The molecule has 1 amide bonds. The fourth-order valence-electron chi connectivity index (χ4n) is 4.50. The summed E-state index contributed by atoms with van der Waals surface area (Å²) in [6, 6.07) is 13.4. The summed E-state index contributed by atoms with van der Waals surface area (Å²) in [5, 5.41) is 21.5. The van der Waals surface area contributed by atoms with Crippen molar-refractivity contribution in [3.05, 3.63) is 73.3 Å². The molecule has 0 bridgehead atoms. The van der Waals surface area contributed by atoms with Crippen LogP contribution < -0.4 is 10.2 Å². The molecule has 0 spiro atoms. The molecule has 2 aliphatic rings. The number of anilines is 1. The molecule has 8 heteroatoms. The van der Waals surface area contributed by atoms with Crippen LogP contribution in [0.5, 0.6) is 0 Å². The van der Waals surface area contributed by atoms with Crippen LogP contribution in [0.4, 0.5) is 5.69 Å². The van der Waals surface area contributed by atoms with Crippen molar-refractivity contribution < 1.29 is 4.79 Å². The predicted molar refractivity (Wildman–Crippen MR) is 129 cm³/mol. The van der Waals surface area contributed by atoms with Gasteiger partial charge in [-0.15, -0.1) is 0 Å². The maximum atomic E-state index is 11.5. The first-order chi connectivity index (χ1) is 16.6. The maximum absolute atomic E-state index is 11.5. The van der Waals surface area contributed by atoms with E-state index in [1.165, 1.54) is 18.9 Å². The Morgan fingerprint density at radius 1 is 1.09 bits per heavy atom. The summed E-state index contributed by atoms with van der Waals surface area (Å²) in [5.41, 5.74) is 6.45. The molecule has 4 heterocycles. The zero-order chi connectivity index (χ0) is 23.2. The van der Waals surface area contributed by atoms with Gasteiger partial charge in [-0.05, 0) is 42.7 Å². The van der Waals surface area contributed by atoms with Gasteiger partial charge in [0.05, 0.1) is 35.6 Å². The highest BCUT2D eigenvalue weighted by atomic mass is 16.1. The van der Waals surface area contributed by atoms with E-state index in [2.05, 4.69) is 69.6 Å². The summed E-state index contributed by atoms with van der Waals surface area (Å²) in [7, 11) is 0. The third kappa shape index (κ3) is 3.52. The molecule has 168 valence electrons. The standard InChI is InChI=1S/C26H23N7O/c1-2-25(34)30-21-15-31(16-21)22-5-3-17(4-6-22)24-9-18(13-33-26(24)19(10-27)11-29-33)20-12-28-32(14-20)23-7-8-23/h2-6,9,11-14,21,23H,1,7-8,15-16H2,(H,30,34). The quantitative estimate of drug-likeness (QED) is 0.455. The van der Waals surface area contributed by atoms with Gasteiger partial charge in [0.15, 0.2) is 0 Å². The summed E-state index contributed by atoms with van der Waals surface area (Å²) >= 11 is 0. The van der Waals surface area contributed by atoms with Crippen LogP contribution in [0.3, 0.4) is 0 Å². The van der Waals surface area contributed by atoms with Crippen LogP contribution in [-0.4, -0.2) is 44.4 Å². The Hall–Kier alpha value is -4.38. The number of hydrogen-bond donors (Lipinski definition) is 1. The fourth-order valence-corrected chi connectivity index (χ4v) is 4.50. The molecule has 8 nitrogen and oxygen atoms in total. The van der Waals surface area contributed by atoms with Crippen molar-refractivity contribution in [2.45, 2.75) is 24.9 Å². The van der Waals surface area contributed by atoms with Crippen molar-refractivity contribution in [2.75, 3.05) is 18.0 Å². The van der Waals surface area contributed by atoms with E-state index in [0.717, 1.165) is 46.5 Å². The Balaban J connectivity index is 1.32. The molecule has 1 aliphatic carbocycles. The first-order valence-electron chi connectivity index (χ1n) is 11.4. The van der Waals surface area contributed by atoms with Gasteiger partial charge in [0.1, 0.15) is 6.07 Å². The van der Waals surface area contributed by atoms with Gasteiger partial charge in [0.2, 0.25) is 5.91 Å². The lowest BCUT2D eigenvalue weighted by molar-refractivity contribution is -0.117. The second kappa shape index (κ2) is 7.89. The fraction of sp³-hybridized carbons (Fsp3) is 0.231. The van der Waals surface area contributed by atoms with Crippen LogP contribution in [0, 0.1) is 11.3 Å². The minimum Gasteiger partial charge on any atom is -0.367 e. The van der Waals surface area contributed by atoms with Crippen LogP contribution in [0.1, 0.15) is 24.4 Å². The number of carbonyl (C=O) groups is 1. The Labute approximate surface area is 196 Å². The molecule has 1 aliphatic heterocycles. The summed E-state index contributed by atoms with van der Waals surface area (Å²) in [6.45, 7) is 5.04. The third-order valence-electron chi connectivity index (χ3n) is 6.54. The summed E-state index contributed by atoms with van der Waals surface area (Å²) in [4.78, 5) is 13.7. The number of nitrogens with zero attached hydrogens (tertiary/aromatic N) is 6. The van der Waals surface area contributed by atoms with E-state index in [4.69, 9.17) is 0 Å². The number of carbonyl (C=O) groups excluding carboxylic acids is 1. The van der Waals surface area contributed by atoms with E-state index in [0.29, 0.717) is 11.6 Å². The highest BCUT2D eigenvalue weighted by Gasteiger charge is 2.28. The summed E-state index contributed by atoms with van der Waals surface area (Å²) in [5.74, 6) is -0.138. The van der Waals surface area contributed by atoms with Crippen LogP contribution >= 0.6 is 0 Å². The number of amides is 1. The minimum absolute atomic E-state index is 0.138. The number of aromatic nitrogens is 4. The number of pyridine rings is 1. The Bertz CT molecular complexity index is 1450. The number of nitriles is 1. The van der Waals surface area contributed by atoms with E-state index < -0.39 is 0 Å². The zero-order valence-electron chi connectivity index (χ0n) is 18.6. The molecule has 6 rings (SSSR count). The van der Waals surface area contributed by atoms with Crippen molar-refractivity contribution in [1.29, 1.82) is 5.26 Å². The minimum atomic E-state index is -0.138. The molecule has 0 unspecified atom stereocenters. The molecule has 0 atom stereocenters. The van der Waals surface area contributed by atoms with Gasteiger partial charge in [0, 0.05) is 47.9 Å². The van der Waals surface area contributed by atoms with E-state index in [-0.39, 0.29) is 11.9 Å². The molecule has 0 radical (unpaired) electrons. The lowest BCUT2D eigenvalue weighted by Crippen LogP contribution is -2.59. The van der Waals surface area contributed by atoms with E-state index in [9.17, 15) is 10.1 Å². The van der Waals surface area contributed by atoms with Crippen molar-refractivity contribution in [3.8, 4) is 28.3 Å². The van der Waals surface area contributed by atoms with Gasteiger partial charge in [-0.2, -0.15) is 15.5 Å². The van der Waals surface area contributed by atoms with E-state index in [1.54, 1.807) is 10.7 Å². The smallest absolute Gasteiger partial charge is 0.243 e. The molecule has 1 saturated carbocycles. The Morgan fingerprint density at radius 2 is 1.88 bits per heavy atom. The summed E-state index contributed by atoms with van der Waals surface area (Å²) < 4.78 is 3.82. The molecule has 3 aromatic heterocycles.